The minimum atomic E-state index is -1.01. The van der Waals surface area contributed by atoms with Gasteiger partial charge in [-0.15, -0.1) is 11.8 Å². The summed E-state index contributed by atoms with van der Waals surface area (Å²) in [6.07, 6.45) is 1.51. The molecule has 1 saturated heterocycles. The number of carbonyl (C=O) groups excluding carboxylic acids is 1. The molecular weight excluding hydrogens is 292 g/mol. The average molecular weight is 310 g/mol. The summed E-state index contributed by atoms with van der Waals surface area (Å²) in [6, 6.07) is 1.95. The van der Waals surface area contributed by atoms with Crippen molar-refractivity contribution in [2.24, 2.45) is 13.0 Å². The molecule has 1 aliphatic rings. The van der Waals surface area contributed by atoms with E-state index in [1.54, 1.807) is 13.1 Å². The zero-order chi connectivity index (χ0) is 15.7. The van der Waals surface area contributed by atoms with Crippen LogP contribution in [0.5, 0.6) is 0 Å². The number of carboxylic acids is 1. The molecule has 0 aliphatic carbocycles. The van der Waals surface area contributed by atoms with Crippen LogP contribution in [0.3, 0.4) is 0 Å². The van der Waals surface area contributed by atoms with Gasteiger partial charge in [0.05, 0.1) is 5.37 Å². The number of carboxylic acid groups (broad SMARTS) is 1. The number of pyridine rings is 1. The Morgan fingerprint density at radius 2 is 2.10 bits per heavy atom. The predicted molar refractivity (Wildman–Crippen MR) is 80.4 cm³/mol. The Labute approximate surface area is 126 Å². The van der Waals surface area contributed by atoms with Gasteiger partial charge in [-0.25, -0.2) is 4.79 Å². The molecule has 114 valence electrons. The maximum atomic E-state index is 12.6. The first-order chi connectivity index (χ1) is 9.82. The lowest BCUT2D eigenvalue weighted by molar-refractivity contribution is -0.141. The topological polar surface area (TPSA) is 79.6 Å². The third-order valence-corrected chi connectivity index (χ3v) is 5.10. The van der Waals surface area contributed by atoms with E-state index in [9.17, 15) is 19.5 Å². The summed E-state index contributed by atoms with van der Waals surface area (Å²) < 4.78 is 1.37. The Hall–Kier alpha value is -1.76. The van der Waals surface area contributed by atoms with Crippen molar-refractivity contribution < 1.29 is 14.7 Å². The lowest BCUT2D eigenvalue weighted by Crippen LogP contribution is -2.47. The lowest BCUT2D eigenvalue weighted by Gasteiger charge is -2.29. The van der Waals surface area contributed by atoms with Gasteiger partial charge < -0.3 is 14.6 Å². The predicted octanol–water partition coefficient (Wildman–Crippen LogP) is 1.01. The van der Waals surface area contributed by atoms with E-state index in [-0.39, 0.29) is 22.4 Å². The fourth-order valence-electron chi connectivity index (χ4n) is 2.32. The first-order valence-corrected chi connectivity index (χ1v) is 7.71. The second-order valence-corrected chi connectivity index (χ2v) is 6.55. The van der Waals surface area contributed by atoms with Crippen LogP contribution in [0.2, 0.25) is 0 Å². The third-order valence-electron chi connectivity index (χ3n) is 3.48. The van der Waals surface area contributed by atoms with E-state index in [2.05, 4.69) is 0 Å². The van der Waals surface area contributed by atoms with Crippen molar-refractivity contribution in [1.29, 1.82) is 0 Å². The molecule has 2 atom stereocenters. The number of hydrogen-bond donors (Lipinski definition) is 1. The Morgan fingerprint density at radius 3 is 2.62 bits per heavy atom. The molecule has 7 heteroatoms. The minimum Gasteiger partial charge on any atom is -0.480 e. The molecule has 1 fully saturated rings. The number of carbonyl (C=O) groups is 2. The first-order valence-electron chi connectivity index (χ1n) is 6.66. The molecular formula is C14H18N2O4S. The second-order valence-electron chi connectivity index (χ2n) is 5.40. The molecule has 1 N–H and O–H groups in total. The van der Waals surface area contributed by atoms with Crippen LogP contribution in [0.4, 0.5) is 0 Å². The number of rotatable bonds is 3. The van der Waals surface area contributed by atoms with Crippen LogP contribution in [0.1, 0.15) is 24.2 Å². The molecule has 1 amide bonds. The summed E-state index contributed by atoms with van der Waals surface area (Å²) in [5.74, 6) is -0.907. The van der Waals surface area contributed by atoms with Gasteiger partial charge in [0.25, 0.3) is 11.5 Å². The molecule has 2 heterocycles. The Kier molecular flexibility index (Phi) is 4.41. The molecule has 21 heavy (non-hydrogen) atoms. The molecule has 1 aromatic heterocycles. The zero-order valence-corrected chi connectivity index (χ0v) is 13.0. The lowest BCUT2D eigenvalue weighted by atomic mass is 10.1. The van der Waals surface area contributed by atoms with Crippen LogP contribution in [-0.4, -0.2) is 43.6 Å². The first kappa shape index (κ1) is 15.6. The molecule has 0 radical (unpaired) electrons. The van der Waals surface area contributed by atoms with Gasteiger partial charge in [-0.05, 0) is 12.0 Å². The van der Waals surface area contributed by atoms with Crippen LogP contribution < -0.4 is 5.56 Å². The van der Waals surface area contributed by atoms with E-state index in [1.165, 1.54) is 33.5 Å². The van der Waals surface area contributed by atoms with Crippen LogP contribution in [0.15, 0.2) is 23.1 Å². The van der Waals surface area contributed by atoms with Gasteiger partial charge in [-0.2, -0.15) is 0 Å². The van der Waals surface area contributed by atoms with Crippen molar-refractivity contribution in [1.82, 2.24) is 9.47 Å². The average Bonchev–Trinajstić information content (AvgIpc) is 2.86. The highest BCUT2D eigenvalue weighted by Crippen LogP contribution is 2.35. The molecule has 0 bridgehead atoms. The van der Waals surface area contributed by atoms with Crippen LogP contribution in [-0.2, 0) is 11.8 Å². The Balaban J connectivity index is 2.38. The van der Waals surface area contributed by atoms with Gasteiger partial charge in [-0.1, -0.05) is 13.8 Å². The highest BCUT2D eigenvalue weighted by molar-refractivity contribution is 8.00. The molecule has 1 aromatic rings. The van der Waals surface area contributed by atoms with E-state index >= 15 is 0 Å². The summed E-state index contributed by atoms with van der Waals surface area (Å²) in [7, 11) is 1.60. The highest BCUT2D eigenvalue weighted by atomic mass is 32.2. The molecule has 0 saturated carbocycles. The van der Waals surface area contributed by atoms with Crippen molar-refractivity contribution >= 4 is 23.6 Å². The van der Waals surface area contributed by atoms with Gasteiger partial charge >= 0.3 is 5.97 Å². The van der Waals surface area contributed by atoms with E-state index in [4.69, 9.17) is 0 Å². The smallest absolute Gasteiger partial charge is 0.327 e. The fraction of sp³-hybridized carbons (Fsp3) is 0.500. The zero-order valence-electron chi connectivity index (χ0n) is 12.1. The van der Waals surface area contributed by atoms with Crippen molar-refractivity contribution in [2.45, 2.75) is 25.3 Å². The fourth-order valence-corrected chi connectivity index (χ4v) is 3.79. The minimum absolute atomic E-state index is 0.134. The summed E-state index contributed by atoms with van der Waals surface area (Å²) in [6.45, 7) is 3.90. The van der Waals surface area contributed by atoms with Crippen molar-refractivity contribution in [3.05, 3.63) is 34.2 Å². The summed E-state index contributed by atoms with van der Waals surface area (Å²) in [5, 5.41) is 9.11. The molecule has 2 unspecified atom stereocenters. The molecule has 2 rings (SSSR count). The number of hydrogen-bond acceptors (Lipinski definition) is 4. The molecule has 6 nitrogen and oxygen atoms in total. The highest BCUT2D eigenvalue weighted by Gasteiger charge is 2.43. The Bertz CT molecular complexity index is 626. The maximum Gasteiger partial charge on any atom is 0.327 e. The number of amides is 1. The number of thioether (sulfide) groups is 1. The van der Waals surface area contributed by atoms with E-state index < -0.39 is 17.9 Å². The SMILES string of the molecule is CC(C)C1SCC(C(=O)O)N1C(=O)c1ccn(C)c(=O)c1. The normalized spacial score (nSPS) is 21.8. The summed E-state index contributed by atoms with van der Waals surface area (Å²) in [5.41, 5.74) is -0.0572. The third kappa shape index (κ3) is 2.97. The Morgan fingerprint density at radius 1 is 1.43 bits per heavy atom. The monoisotopic (exact) mass is 310 g/mol. The molecule has 0 aromatic carbocycles. The second kappa shape index (κ2) is 5.93. The van der Waals surface area contributed by atoms with Gasteiger partial charge in [0.2, 0.25) is 0 Å². The van der Waals surface area contributed by atoms with Gasteiger partial charge in [0, 0.05) is 30.6 Å². The standard InChI is InChI=1S/C14H18N2O4S/c1-8(2)13-16(10(7-21-13)14(19)20)12(18)9-4-5-15(3)11(17)6-9/h4-6,8,10,13H,7H2,1-3H3,(H,19,20). The summed E-state index contributed by atoms with van der Waals surface area (Å²) >= 11 is 1.47. The van der Waals surface area contributed by atoms with Crippen molar-refractivity contribution in [2.75, 3.05) is 5.75 Å². The van der Waals surface area contributed by atoms with Crippen molar-refractivity contribution in [3.63, 3.8) is 0 Å². The van der Waals surface area contributed by atoms with Crippen LogP contribution in [0, 0.1) is 5.92 Å². The van der Waals surface area contributed by atoms with Gasteiger partial charge in [-0.3, -0.25) is 9.59 Å². The largest absolute Gasteiger partial charge is 0.480 e. The van der Waals surface area contributed by atoms with Gasteiger partial charge in [0.15, 0.2) is 0 Å². The summed E-state index contributed by atoms with van der Waals surface area (Å²) in [4.78, 5) is 37.1. The molecule has 1 aliphatic heterocycles. The van der Waals surface area contributed by atoms with E-state index in [0.29, 0.717) is 5.75 Å². The number of aromatic nitrogens is 1. The van der Waals surface area contributed by atoms with Crippen LogP contribution in [0.25, 0.3) is 0 Å². The number of nitrogens with zero attached hydrogens (tertiary/aromatic N) is 2. The maximum absolute atomic E-state index is 12.6. The van der Waals surface area contributed by atoms with Crippen molar-refractivity contribution in [3.8, 4) is 0 Å². The van der Waals surface area contributed by atoms with Gasteiger partial charge in [0.1, 0.15) is 6.04 Å². The number of aliphatic carboxylic acids is 1. The quantitative estimate of drug-likeness (QED) is 0.901. The molecule has 0 spiro atoms. The van der Waals surface area contributed by atoms with E-state index in [0.717, 1.165) is 0 Å². The number of aryl methyl sites for hydroxylation is 1. The van der Waals surface area contributed by atoms with Crippen LogP contribution >= 0.6 is 11.8 Å². The van der Waals surface area contributed by atoms with E-state index in [1.807, 2.05) is 13.8 Å².